The van der Waals surface area contributed by atoms with E-state index in [4.69, 9.17) is 4.74 Å². The fraction of sp³-hybridized carbons (Fsp3) is 0.208. The summed E-state index contributed by atoms with van der Waals surface area (Å²) in [5.41, 5.74) is 1.63. The van der Waals surface area contributed by atoms with Crippen molar-refractivity contribution in [2.24, 2.45) is 0 Å². The number of hydrogen-bond acceptors (Lipinski definition) is 4. The summed E-state index contributed by atoms with van der Waals surface area (Å²) in [5.74, 6) is -1.23. The number of rotatable bonds is 6. The summed E-state index contributed by atoms with van der Waals surface area (Å²) < 4.78 is 20.2. The molecule has 0 aliphatic rings. The van der Waals surface area contributed by atoms with E-state index in [1.54, 1.807) is 22.9 Å². The number of aromatic nitrogens is 2. The van der Waals surface area contributed by atoms with E-state index in [0.29, 0.717) is 5.82 Å². The van der Waals surface area contributed by atoms with Crippen LogP contribution in [0, 0.1) is 5.82 Å². The lowest BCUT2D eigenvalue weighted by Crippen LogP contribution is -2.21. The summed E-state index contributed by atoms with van der Waals surface area (Å²) in [7, 11) is 0. The standard InChI is InChI=1S/C24H24FN3O3/c1-24(2,3)20-15-21(28(27-20)18-10-5-4-6-11-18)26-22(29)16-31-23(30)14-13-17-9-7-8-12-19(17)25/h4-15H,16H2,1-3H3,(H,26,29)/b14-13+. The van der Waals surface area contributed by atoms with Gasteiger partial charge in [-0.1, -0.05) is 57.2 Å². The molecule has 3 aromatic rings. The van der Waals surface area contributed by atoms with Crippen LogP contribution in [0.2, 0.25) is 0 Å². The lowest BCUT2D eigenvalue weighted by Gasteiger charge is -2.14. The molecular formula is C24H24FN3O3. The van der Waals surface area contributed by atoms with E-state index in [-0.39, 0.29) is 11.0 Å². The van der Waals surface area contributed by atoms with Gasteiger partial charge in [-0.15, -0.1) is 0 Å². The van der Waals surface area contributed by atoms with E-state index in [2.05, 4.69) is 10.4 Å². The Morgan fingerprint density at radius 2 is 1.77 bits per heavy atom. The molecular weight excluding hydrogens is 397 g/mol. The number of amides is 1. The van der Waals surface area contributed by atoms with E-state index in [0.717, 1.165) is 17.5 Å². The van der Waals surface area contributed by atoms with Crippen molar-refractivity contribution in [3.05, 3.63) is 83.8 Å². The lowest BCUT2D eigenvalue weighted by molar-refractivity contribution is -0.142. The summed E-state index contributed by atoms with van der Waals surface area (Å²) in [5, 5.41) is 7.36. The summed E-state index contributed by atoms with van der Waals surface area (Å²) in [4.78, 5) is 24.3. The van der Waals surface area contributed by atoms with Crippen molar-refractivity contribution in [2.75, 3.05) is 11.9 Å². The molecule has 160 valence electrons. The maximum Gasteiger partial charge on any atom is 0.331 e. The summed E-state index contributed by atoms with van der Waals surface area (Å²) in [6, 6.07) is 17.2. The van der Waals surface area contributed by atoms with Crippen LogP contribution in [-0.4, -0.2) is 28.3 Å². The van der Waals surface area contributed by atoms with Gasteiger partial charge in [0.25, 0.3) is 5.91 Å². The topological polar surface area (TPSA) is 73.2 Å². The Balaban J connectivity index is 1.67. The smallest absolute Gasteiger partial charge is 0.331 e. The van der Waals surface area contributed by atoms with Crippen LogP contribution in [0.15, 0.2) is 66.7 Å². The first-order chi connectivity index (χ1) is 14.7. The van der Waals surface area contributed by atoms with E-state index < -0.39 is 24.3 Å². The molecule has 0 bridgehead atoms. The van der Waals surface area contributed by atoms with Crippen LogP contribution in [0.3, 0.4) is 0 Å². The van der Waals surface area contributed by atoms with Gasteiger partial charge >= 0.3 is 5.97 Å². The molecule has 1 heterocycles. The normalized spacial score (nSPS) is 11.5. The first-order valence-electron chi connectivity index (χ1n) is 9.79. The average Bonchev–Trinajstić information content (AvgIpc) is 3.16. The summed E-state index contributed by atoms with van der Waals surface area (Å²) in [6.07, 6.45) is 2.38. The second-order valence-electron chi connectivity index (χ2n) is 7.92. The minimum Gasteiger partial charge on any atom is -0.452 e. The fourth-order valence-electron chi connectivity index (χ4n) is 2.73. The van der Waals surface area contributed by atoms with Crippen LogP contribution in [0.25, 0.3) is 11.8 Å². The van der Waals surface area contributed by atoms with Crippen LogP contribution in [0.5, 0.6) is 0 Å². The summed E-state index contributed by atoms with van der Waals surface area (Å²) >= 11 is 0. The second-order valence-corrected chi connectivity index (χ2v) is 7.92. The second kappa shape index (κ2) is 9.38. The Hall–Kier alpha value is -3.74. The predicted octanol–water partition coefficient (Wildman–Crippen LogP) is 4.50. The van der Waals surface area contributed by atoms with E-state index >= 15 is 0 Å². The number of carbonyl (C=O) groups is 2. The Bertz CT molecular complexity index is 1100. The van der Waals surface area contributed by atoms with Crippen molar-refractivity contribution in [1.29, 1.82) is 0 Å². The number of ether oxygens (including phenoxy) is 1. The van der Waals surface area contributed by atoms with Gasteiger partial charge in [-0.2, -0.15) is 5.10 Å². The number of halogens is 1. The molecule has 0 fully saturated rings. The van der Waals surface area contributed by atoms with E-state index in [9.17, 15) is 14.0 Å². The number of carbonyl (C=O) groups excluding carboxylic acids is 2. The average molecular weight is 421 g/mol. The highest BCUT2D eigenvalue weighted by molar-refractivity contribution is 5.94. The van der Waals surface area contributed by atoms with Crippen molar-refractivity contribution >= 4 is 23.8 Å². The van der Waals surface area contributed by atoms with Gasteiger partial charge in [0.05, 0.1) is 11.4 Å². The summed E-state index contributed by atoms with van der Waals surface area (Å²) in [6.45, 7) is 5.60. The molecule has 6 nitrogen and oxygen atoms in total. The first kappa shape index (κ1) is 22.0. The Morgan fingerprint density at radius 1 is 1.10 bits per heavy atom. The number of para-hydroxylation sites is 1. The number of nitrogens with one attached hydrogen (secondary N) is 1. The van der Waals surface area contributed by atoms with Crippen LogP contribution in [0.1, 0.15) is 32.0 Å². The van der Waals surface area contributed by atoms with Gasteiger partial charge in [-0.05, 0) is 24.3 Å². The van der Waals surface area contributed by atoms with Gasteiger partial charge in [0, 0.05) is 23.1 Å². The molecule has 0 atom stereocenters. The van der Waals surface area contributed by atoms with Gasteiger partial charge in [0.1, 0.15) is 11.6 Å². The molecule has 7 heteroatoms. The largest absolute Gasteiger partial charge is 0.452 e. The van der Waals surface area contributed by atoms with Gasteiger partial charge in [-0.25, -0.2) is 13.9 Å². The molecule has 0 radical (unpaired) electrons. The predicted molar refractivity (Wildman–Crippen MR) is 117 cm³/mol. The Kier molecular flexibility index (Phi) is 6.65. The molecule has 1 amide bonds. The zero-order valence-corrected chi connectivity index (χ0v) is 17.6. The highest BCUT2D eigenvalue weighted by Gasteiger charge is 2.21. The number of nitrogens with zero attached hydrogens (tertiary/aromatic N) is 2. The zero-order chi connectivity index (χ0) is 22.4. The van der Waals surface area contributed by atoms with Gasteiger partial charge < -0.3 is 10.1 Å². The van der Waals surface area contributed by atoms with Gasteiger partial charge in [-0.3, -0.25) is 4.79 Å². The highest BCUT2D eigenvalue weighted by Crippen LogP contribution is 2.26. The molecule has 0 unspecified atom stereocenters. The van der Waals surface area contributed by atoms with Crippen LogP contribution in [0.4, 0.5) is 10.2 Å². The Labute approximate surface area is 180 Å². The maximum atomic E-state index is 13.6. The quantitative estimate of drug-likeness (QED) is 0.470. The molecule has 1 aromatic heterocycles. The van der Waals surface area contributed by atoms with Gasteiger partial charge in [0.2, 0.25) is 0 Å². The number of benzene rings is 2. The minimum atomic E-state index is -0.745. The SMILES string of the molecule is CC(C)(C)c1cc(NC(=O)COC(=O)/C=C/c2ccccc2F)n(-c2ccccc2)n1. The monoisotopic (exact) mass is 421 g/mol. The van der Waals surface area contributed by atoms with Crippen molar-refractivity contribution in [1.82, 2.24) is 9.78 Å². The van der Waals surface area contributed by atoms with Crippen LogP contribution < -0.4 is 5.32 Å². The third-order valence-electron chi connectivity index (χ3n) is 4.40. The molecule has 0 saturated heterocycles. The van der Waals surface area contributed by atoms with Crippen LogP contribution >= 0.6 is 0 Å². The highest BCUT2D eigenvalue weighted by atomic mass is 19.1. The molecule has 0 saturated carbocycles. The van der Waals surface area contributed by atoms with Gasteiger partial charge in [0.15, 0.2) is 6.61 Å². The van der Waals surface area contributed by atoms with Crippen molar-refractivity contribution in [3.8, 4) is 5.69 Å². The van der Waals surface area contributed by atoms with E-state index in [1.165, 1.54) is 18.2 Å². The fourth-order valence-corrected chi connectivity index (χ4v) is 2.73. The Morgan fingerprint density at radius 3 is 2.45 bits per heavy atom. The minimum absolute atomic E-state index is 0.219. The number of anilines is 1. The molecule has 31 heavy (non-hydrogen) atoms. The van der Waals surface area contributed by atoms with E-state index in [1.807, 2.05) is 51.1 Å². The third-order valence-corrected chi connectivity index (χ3v) is 4.40. The van der Waals surface area contributed by atoms with Crippen molar-refractivity contribution in [3.63, 3.8) is 0 Å². The first-order valence-corrected chi connectivity index (χ1v) is 9.79. The molecule has 0 spiro atoms. The molecule has 2 aromatic carbocycles. The molecule has 0 aliphatic heterocycles. The van der Waals surface area contributed by atoms with Crippen molar-refractivity contribution in [2.45, 2.75) is 26.2 Å². The van der Waals surface area contributed by atoms with Crippen LogP contribution in [-0.2, 0) is 19.7 Å². The molecule has 1 N–H and O–H groups in total. The lowest BCUT2D eigenvalue weighted by atomic mass is 9.92. The third kappa shape index (κ3) is 5.88. The molecule has 0 aliphatic carbocycles. The maximum absolute atomic E-state index is 13.6. The zero-order valence-electron chi connectivity index (χ0n) is 17.6. The molecule has 3 rings (SSSR count). The number of esters is 1. The number of hydrogen-bond donors (Lipinski definition) is 1. The van der Waals surface area contributed by atoms with Crippen molar-refractivity contribution < 1.29 is 18.7 Å².